The largest absolute Gasteiger partial charge is 0.325 e. The number of benzene rings is 1. The Bertz CT molecular complexity index is 419. The first kappa shape index (κ1) is 9.86. The van der Waals surface area contributed by atoms with E-state index in [0.717, 1.165) is 4.47 Å². The maximum Gasteiger partial charge on any atom is 0.225 e. The Hall–Kier alpha value is -0.680. The molecule has 0 saturated carbocycles. The third kappa shape index (κ3) is 1.88. The van der Waals surface area contributed by atoms with Crippen LogP contribution < -0.4 is 5.32 Å². The lowest BCUT2D eigenvalue weighted by atomic mass is 10.3. The van der Waals surface area contributed by atoms with Crippen molar-refractivity contribution in [3.63, 3.8) is 0 Å². The number of hydrogen-bond donors (Lipinski definition) is 1. The van der Waals surface area contributed by atoms with E-state index in [1.165, 1.54) is 0 Å². The quantitative estimate of drug-likeness (QED) is 0.785. The summed E-state index contributed by atoms with van der Waals surface area (Å²) in [5.74, 6) is 0.328. The number of halogens is 1. The van der Waals surface area contributed by atoms with Crippen LogP contribution in [0.5, 0.6) is 0 Å². The molecule has 1 atom stereocenters. The minimum Gasteiger partial charge on any atom is -0.325 e. The fourth-order valence-electron chi connectivity index (χ4n) is 1.30. The molecule has 1 N–H and O–H groups in total. The molecule has 0 fully saturated rings. The van der Waals surface area contributed by atoms with E-state index in [1.54, 1.807) is 12.1 Å². The highest BCUT2D eigenvalue weighted by Crippen LogP contribution is 2.26. The Kier molecular flexibility index (Phi) is 2.69. The standard InChI is InChI=1S/C9H8BrNO2S/c10-6-1-2-7-8(5-6)14(13)4-3-9(12)11-7/h1-2,5H,3-4H2,(H,11,12). The van der Waals surface area contributed by atoms with Gasteiger partial charge in [-0.2, -0.15) is 0 Å². The lowest BCUT2D eigenvalue weighted by Gasteiger charge is -2.05. The second-order valence-electron chi connectivity index (χ2n) is 2.99. The van der Waals surface area contributed by atoms with Crippen LogP contribution in [-0.2, 0) is 15.6 Å². The average Bonchev–Trinajstić information content (AvgIpc) is 2.29. The second-order valence-corrected chi connectivity index (χ2v) is 5.44. The van der Waals surface area contributed by atoms with Crippen molar-refractivity contribution in [1.82, 2.24) is 0 Å². The minimum atomic E-state index is -1.08. The normalized spacial score (nSPS) is 20.9. The molecule has 2 rings (SSSR count). The van der Waals surface area contributed by atoms with Gasteiger partial charge in [-0.25, -0.2) is 0 Å². The molecule has 0 radical (unpaired) electrons. The van der Waals surface area contributed by atoms with Crippen molar-refractivity contribution < 1.29 is 9.00 Å². The third-order valence-electron chi connectivity index (χ3n) is 1.98. The predicted octanol–water partition coefficient (Wildman–Crippen LogP) is 1.90. The number of fused-ring (bicyclic) bond motifs is 1. The van der Waals surface area contributed by atoms with Gasteiger partial charge in [0.15, 0.2) is 0 Å². The van der Waals surface area contributed by atoms with Crippen molar-refractivity contribution in [2.75, 3.05) is 11.1 Å². The zero-order chi connectivity index (χ0) is 10.1. The lowest BCUT2D eigenvalue weighted by Crippen LogP contribution is -2.10. The van der Waals surface area contributed by atoms with Gasteiger partial charge in [0.25, 0.3) is 0 Å². The highest BCUT2D eigenvalue weighted by atomic mass is 79.9. The summed E-state index contributed by atoms with van der Waals surface area (Å²) >= 11 is 3.31. The number of hydrogen-bond acceptors (Lipinski definition) is 2. The summed E-state index contributed by atoms with van der Waals surface area (Å²) in [6.45, 7) is 0. The molecule has 3 nitrogen and oxygen atoms in total. The fourth-order valence-corrected chi connectivity index (χ4v) is 3.02. The van der Waals surface area contributed by atoms with Crippen LogP contribution in [0, 0.1) is 0 Å². The lowest BCUT2D eigenvalue weighted by molar-refractivity contribution is -0.115. The first-order valence-electron chi connectivity index (χ1n) is 4.14. The zero-order valence-corrected chi connectivity index (χ0v) is 9.65. The van der Waals surface area contributed by atoms with Gasteiger partial charge in [-0.15, -0.1) is 0 Å². The topological polar surface area (TPSA) is 46.2 Å². The number of carbonyl (C=O) groups excluding carboxylic acids is 1. The molecule has 74 valence electrons. The summed E-state index contributed by atoms with van der Waals surface area (Å²) in [5, 5.41) is 2.73. The van der Waals surface area contributed by atoms with Gasteiger partial charge in [0.2, 0.25) is 5.91 Å². The number of carbonyl (C=O) groups is 1. The van der Waals surface area contributed by atoms with Crippen molar-refractivity contribution in [3.8, 4) is 0 Å². The maximum atomic E-state index is 11.7. The Morgan fingerprint density at radius 1 is 1.43 bits per heavy atom. The molecule has 1 aliphatic rings. The molecule has 1 aromatic rings. The van der Waals surface area contributed by atoms with Crippen LogP contribution in [0.3, 0.4) is 0 Å². The van der Waals surface area contributed by atoms with Crippen molar-refractivity contribution in [3.05, 3.63) is 22.7 Å². The summed E-state index contributed by atoms with van der Waals surface area (Å²) < 4.78 is 12.6. The van der Waals surface area contributed by atoms with Gasteiger partial charge in [0, 0.05) is 16.6 Å². The average molecular weight is 274 g/mol. The molecule has 1 aliphatic heterocycles. The molecule has 14 heavy (non-hydrogen) atoms. The smallest absolute Gasteiger partial charge is 0.225 e. The Labute approximate surface area is 92.5 Å². The molecule has 0 aromatic heterocycles. The monoisotopic (exact) mass is 273 g/mol. The highest BCUT2D eigenvalue weighted by molar-refractivity contribution is 9.10. The van der Waals surface area contributed by atoms with E-state index in [0.29, 0.717) is 22.8 Å². The molecule has 1 amide bonds. The van der Waals surface area contributed by atoms with Crippen LogP contribution in [0.25, 0.3) is 0 Å². The van der Waals surface area contributed by atoms with Gasteiger partial charge < -0.3 is 5.32 Å². The molecule has 1 heterocycles. The first-order valence-corrected chi connectivity index (χ1v) is 6.26. The molecular weight excluding hydrogens is 266 g/mol. The van der Waals surface area contributed by atoms with Gasteiger partial charge in [-0.1, -0.05) is 15.9 Å². The number of nitrogens with one attached hydrogen (secondary N) is 1. The van der Waals surface area contributed by atoms with E-state index in [2.05, 4.69) is 21.2 Å². The van der Waals surface area contributed by atoms with Crippen LogP contribution in [0.1, 0.15) is 6.42 Å². The molecular formula is C9H8BrNO2S. The Morgan fingerprint density at radius 3 is 3.00 bits per heavy atom. The van der Waals surface area contributed by atoms with E-state index in [1.807, 2.05) is 6.07 Å². The fraction of sp³-hybridized carbons (Fsp3) is 0.222. The van der Waals surface area contributed by atoms with Crippen LogP contribution in [0.2, 0.25) is 0 Å². The molecule has 1 unspecified atom stereocenters. The van der Waals surface area contributed by atoms with E-state index in [4.69, 9.17) is 0 Å². The van der Waals surface area contributed by atoms with E-state index in [9.17, 15) is 9.00 Å². The zero-order valence-electron chi connectivity index (χ0n) is 7.25. The van der Waals surface area contributed by atoms with Crippen LogP contribution in [-0.4, -0.2) is 15.9 Å². The summed E-state index contributed by atoms with van der Waals surface area (Å²) in [6.07, 6.45) is 0.318. The summed E-state index contributed by atoms with van der Waals surface area (Å²) in [6, 6.07) is 5.37. The van der Waals surface area contributed by atoms with Crippen LogP contribution in [0.4, 0.5) is 5.69 Å². The van der Waals surface area contributed by atoms with Gasteiger partial charge in [0.1, 0.15) is 0 Å². The third-order valence-corrected chi connectivity index (χ3v) is 3.87. The molecule has 0 saturated heterocycles. The molecule has 5 heteroatoms. The molecule has 0 aliphatic carbocycles. The van der Waals surface area contributed by atoms with Crippen LogP contribution >= 0.6 is 15.9 Å². The van der Waals surface area contributed by atoms with Crippen LogP contribution in [0.15, 0.2) is 27.6 Å². The van der Waals surface area contributed by atoms with E-state index < -0.39 is 10.8 Å². The SMILES string of the molecule is O=C1CCS(=O)c2cc(Br)ccc2N1. The first-order chi connectivity index (χ1) is 6.66. The predicted molar refractivity (Wildman–Crippen MR) is 58.7 cm³/mol. The minimum absolute atomic E-state index is 0.0700. The highest BCUT2D eigenvalue weighted by Gasteiger charge is 2.18. The Morgan fingerprint density at radius 2 is 2.21 bits per heavy atom. The van der Waals surface area contributed by atoms with E-state index >= 15 is 0 Å². The van der Waals surface area contributed by atoms with Gasteiger partial charge in [-0.3, -0.25) is 9.00 Å². The number of amides is 1. The van der Waals surface area contributed by atoms with Crippen molar-refractivity contribution in [2.45, 2.75) is 11.3 Å². The van der Waals surface area contributed by atoms with Crippen molar-refractivity contribution >= 4 is 38.3 Å². The molecule has 1 aromatic carbocycles. The van der Waals surface area contributed by atoms with E-state index in [-0.39, 0.29) is 5.91 Å². The van der Waals surface area contributed by atoms with Gasteiger partial charge in [0.05, 0.1) is 21.4 Å². The maximum absolute atomic E-state index is 11.7. The summed E-state index contributed by atoms with van der Waals surface area (Å²) in [4.78, 5) is 11.9. The number of rotatable bonds is 0. The molecule has 0 spiro atoms. The summed E-state index contributed by atoms with van der Waals surface area (Å²) in [5.41, 5.74) is 0.661. The van der Waals surface area contributed by atoms with Crippen molar-refractivity contribution in [2.24, 2.45) is 0 Å². The van der Waals surface area contributed by atoms with Gasteiger partial charge >= 0.3 is 0 Å². The van der Waals surface area contributed by atoms with Gasteiger partial charge in [-0.05, 0) is 18.2 Å². The molecule has 0 bridgehead atoms. The second kappa shape index (κ2) is 3.82. The number of anilines is 1. The Balaban J connectivity index is 2.52. The summed E-state index contributed by atoms with van der Waals surface area (Å²) in [7, 11) is -1.08. The van der Waals surface area contributed by atoms with Crippen molar-refractivity contribution in [1.29, 1.82) is 0 Å².